The van der Waals surface area contributed by atoms with Gasteiger partial charge in [0.05, 0.1) is 11.2 Å². The average molecular weight is 225 g/mol. The molecule has 0 saturated heterocycles. The van der Waals surface area contributed by atoms with Gasteiger partial charge in [0.2, 0.25) is 0 Å². The van der Waals surface area contributed by atoms with E-state index in [0.29, 0.717) is 0 Å². The van der Waals surface area contributed by atoms with Gasteiger partial charge >= 0.3 is 0 Å². The van der Waals surface area contributed by atoms with Crippen LogP contribution in [0.3, 0.4) is 0 Å². The van der Waals surface area contributed by atoms with Gasteiger partial charge in [-0.1, -0.05) is 39.5 Å². The summed E-state index contributed by atoms with van der Waals surface area (Å²) in [7, 11) is 0. The van der Waals surface area contributed by atoms with E-state index >= 15 is 0 Å². The molecule has 1 nitrogen and oxygen atoms in total. The summed E-state index contributed by atoms with van der Waals surface area (Å²) in [6, 6.07) is 0. The molecule has 0 spiro atoms. The molecule has 1 heterocycles. The molecule has 0 aliphatic rings. The molecule has 0 fully saturated rings. The Bertz CT molecular complexity index is 230. The Balaban J connectivity index is 2.32. The van der Waals surface area contributed by atoms with E-state index in [9.17, 15) is 0 Å². The predicted octanol–water partition coefficient (Wildman–Crippen LogP) is 4.61. The van der Waals surface area contributed by atoms with Crippen molar-refractivity contribution in [2.45, 2.75) is 65.2 Å². The maximum absolute atomic E-state index is 4.49. The topological polar surface area (TPSA) is 12.9 Å². The Hall–Kier alpha value is -0.370. The molecule has 0 radical (unpaired) electrons. The average Bonchev–Trinajstić information content (AvgIpc) is 2.67. The molecule has 86 valence electrons. The van der Waals surface area contributed by atoms with Crippen molar-refractivity contribution in [3.8, 4) is 0 Å². The molecule has 0 aromatic carbocycles. The second-order valence-electron chi connectivity index (χ2n) is 4.14. The third-order valence-electron chi connectivity index (χ3n) is 2.75. The van der Waals surface area contributed by atoms with Gasteiger partial charge < -0.3 is 0 Å². The maximum atomic E-state index is 4.49. The molecule has 15 heavy (non-hydrogen) atoms. The second kappa shape index (κ2) is 7.86. The molecule has 0 aliphatic carbocycles. The fourth-order valence-electron chi connectivity index (χ4n) is 1.78. The van der Waals surface area contributed by atoms with Crippen LogP contribution in [0.5, 0.6) is 0 Å². The standard InChI is InChI=1S/C13H23NS/c1-3-5-7-9-12-13(15-11-14-12)10-8-6-4-2/h11H,3-10H2,1-2H3. The second-order valence-corrected chi connectivity index (χ2v) is 5.08. The van der Waals surface area contributed by atoms with Crippen molar-refractivity contribution in [1.82, 2.24) is 4.98 Å². The van der Waals surface area contributed by atoms with E-state index in [2.05, 4.69) is 18.8 Å². The number of nitrogens with zero attached hydrogens (tertiary/aromatic N) is 1. The zero-order valence-electron chi connectivity index (χ0n) is 10.1. The first-order valence-corrected chi connectivity index (χ1v) is 7.17. The van der Waals surface area contributed by atoms with Crippen LogP contribution in [0.25, 0.3) is 0 Å². The molecule has 0 bridgehead atoms. The number of thiazole rings is 1. The fraction of sp³-hybridized carbons (Fsp3) is 0.769. The Morgan fingerprint density at radius 1 is 1.00 bits per heavy atom. The van der Waals surface area contributed by atoms with E-state index in [1.54, 1.807) is 4.88 Å². The van der Waals surface area contributed by atoms with Crippen molar-refractivity contribution in [1.29, 1.82) is 0 Å². The van der Waals surface area contributed by atoms with Crippen molar-refractivity contribution >= 4 is 11.3 Å². The fourth-order valence-corrected chi connectivity index (χ4v) is 2.64. The molecule has 0 unspecified atom stereocenters. The SMILES string of the molecule is CCCCCc1ncsc1CCCCC. The van der Waals surface area contributed by atoms with Crippen LogP contribution in [0.4, 0.5) is 0 Å². The monoisotopic (exact) mass is 225 g/mol. The van der Waals surface area contributed by atoms with E-state index < -0.39 is 0 Å². The van der Waals surface area contributed by atoms with Crippen molar-refractivity contribution in [2.24, 2.45) is 0 Å². The summed E-state index contributed by atoms with van der Waals surface area (Å²) in [6.45, 7) is 4.51. The van der Waals surface area contributed by atoms with E-state index in [-0.39, 0.29) is 0 Å². The maximum Gasteiger partial charge on any atom is 0.0797 e. The zero-order chi connectivity index (χ0) is 10.9. The van der Waals surface area contributed by atoms with E-state index in [0.717, 1.165) is 0 Å². The number of unbranched alkanes of at least 4 members (excludes halogenated alkanes) is 4. The van der Waals surface area contributed by atoms with Crippen molar-refractivity contribution < 1.29 is 0 Å². The molecule has 0 amide bonds. The first-order chi connectivity index (χ1) is 7.38. The molecule has 0 saturated carbocycles. The highest BCUT2D eigenvalue weighted by molar-refractivity contribution is 7.09. The lowest BCUT2D eigenvalue weighted by molar-refractivity contribution is 0.691. The number of hydrogen-bond donors (Lipinski definition) is 0. The number of hydrogen-bond acceptors (Lipinski definition) is 2. The van der Waals surface area contributed by atoms with Crippen LogP contribution in [0, 0.1) is 0 Å². The first-order valence-electron chi connectivity index (χ1n) is 6.29. The summed E-state index contributed by atoms with van der Waals surface area (Å²) >= 11 is 1.85. The molecule has 1 rings (SSSR count). The van der Waals surface area contributed by atoms with E-state index in [1.165, 1.54) is 57.1 Å². The van der Waals surface area contributed by atoms with Gasteiger partial charge in [0, 0.05) is 4.88 Å². The van der Waals surface area contributed by atoms with Crippen LogP contribution in [-0.2, 0) is 12.8 Å². The van der Waals surface area contributed by atoms with Crippen LogP contribution in [0.15, 0.2) is 5.51 Å². The predicted molar refractivity (Wildman–Crippen MR) is 68.6 cm³/mol. The smallest absolute Gasteiger partial charge is 0.0797 e. The van der Waals surface area contributed by atoms with Crippen LogP contribution < -0.4 is 0 Å². The zero-order valence-corrected chi connectivity index (χ0v) is 10.9. The summed E-state index contributed by atoms with van der Waals surface area (Å²) in [6.07, 6.45) is 10.4. The van der Waals surface area contributed by atoms with Crippen molar-refractivity contribution in [2.75, 3.05) is 0 Å². The molecular weight excluding hydrogens is 202 g/mol. The minimum Gasteiger partial charge on any atom is -0.249 e. The Morgan fingerprint density at radius 3 is 2.33 bits per heavy atom. The van der Waals surface area contributed by atoms with Gasteiger partial charge in [-0.2, -0.15) is 0 Å². The van der Waals surface area contributed by atoms with Gasteiger partial charge in [0.15, 0.2) is 0 Å². The first kappa shape index (κ1) is 12.7. The van der Waals surface area contributed by atoms with Gasteiger partial charge in [-0.15, -0.1) is 11.3 Å². The summed E-state index contributed by atoms with van der Waals surface area (Å²) in [5, 5.41) is 0. The van der Waals surface area contributed by atoms with Gasteiger partial charge in [-0.05, 0) is 25.7 Å². The summed E-state index contributed by atoms with van der Waals surface area (Å²) in [5.74, 6) is 0. The van der Waals surface area contributed by atoms with Crippen LogP contribution in [0.2, 0.25) is 0 Å². The van der Waals surface area contributed by atoms with Crippen LogP contribution in [0.1, 0.15) is 62.9 Å². The molecule has 0 aliphatic heterocycles. The Labute approximate surface area is 97.9 Å². The number of aryl methyl sites for hydroxylation is 2. The molecule has 0 N–H and O–H groups in total. The highest BCUT2D eigenvalue weighted by Gasteiger charge is 2.05. The minimum absolute atomic E-state index is 1.19. The largest absolute Gasteiger partial charge is 0.249 e. The highest BCUT2D eigenvalue weighted by atomic mass is 32.1. The Morgan fingerprint density at radius 2 is 1.67 bits per heavy atom. The van der Waals surface area contributed by atoms with Crippen molar-refractivity contribution in [3.05, 3.63) is 16.1 Å². The van der Waals surface area contributed by atoms with E-state index in [4.69, 9.17) is 0 Å². The normalized spacial score (nSPS) is 10.8. The lowest BCUT2D eigenvalue weighted by Gasteiger charge is -2.01. The molecule has 1 aromatic heterocycles. The number of aromatic nitrogens is 1. The summed E-state index contributed by atoms with van der Waals surface area (Å²) < 4.78 is 0. The van der Waals surface area contributed by atoms with Gasteiger partial charge in [0.25, 0.3) is 0 Å². The summed E-state index contributed by atoms with van der Waals surface area (Å²) in [5.41, 5.74) is 3.40. The lowest BCUT2D eigenvalue weighted by Crippen LogP contribution is -1.92. The van der Waals surface area contributed by atoms with Crippen molar-refractivity contribution in [3.63, 3.8) is 0 Å². The molecular formula is C13H23NS. The summed E-state index contributed by atoms with van der Waals surface area (Å²) in [4.78, 5) is 6.03. The third-order valence-corrected chi connectivity index (χ3v) is 3.68. The van der Waals surface area contributed by atoms with Crippen LogP contribution in [-0.4, -0.2) is 4.98 Å². The van der Waals surface area contributed by atoms with Crippen LogP contribution >= 0.6 is 11.3 Å². The van der Waals surface area contributed by atoms with Gasteiger partial charge in [0.1, 0.15) is 0 Å². The molecule has 0 atom stereocenters. The van der Waals surface area contributed by atoms with Gasteiger partial charge in [-0.3, -0.25) is 0 Å². The molecule has 2 heteroatoms. The quantitative estimate of drug-likeness (QED) is 0.589. The number of rotatable bonds is 8. The third kappa shape index (κ3) is 4.78. The highest BCUT2D eigenvalue weighted by Crippen LogP contribution is 2.18. The molecule has 1 aromatic rings. The Kier molecular flexibility index (Phi) is 6.66. The van der Waals surface area contributed by atoms with Gasteiger partial charge in [-0.25, -0.2) is 4.98 Å². The van der Waals surface area contributed by atoms with E-state index in [1.807, 2.05) is 16.8 Å². The lowest BCUT2D eigenvalue weighted by atomic mass is 10.1. The minimum atomic E-state index is 1.19.